The Bertz CT molecular complexity index is 501. The molecule has 98 valence electrons. The fraction of sp³-hybridized carbons (Fsp3) is 0.385. The highest BCUT2D eigenvalue weighted by Crippen LogP contribution is 2.38. The lowest BCUT2D eigenvalue weighted by Crippen LogP contribution is -2.22. The average Bonchev–Trinajstić information content (AvgIpc) is 2.88. The van der Waals surface area contributed by atoms with Crippen LogP contribution in [-0.2, 0) is 0 Å². The zero-order valence-corrected chi connectivity index (χ0v) is 14.3. The summed E-state index contributed by atoms with van der Waals surface area (Å²) in [5, 5.41) is 3.58. The van der Waals surface area contributed by atoms with E-state index in [0.717, 1.165) is 27.0 Å². The molecular formula is C13H15Br2NOS. The Kier molecular flexibility index (Phi) is 5.06. The quantitative estimate of drug-likeness (QED) is 0.750. The Labute approximate surface area is 128 Å². The molecule has 0 fully saturated rings. The maximum absolute atomic E-state index is 5.43. The van der Waals surface area contributed by atoms with Crippen LogP contribution in [0.2, 0.25) is 0 Å². The molecule has 2 aromatic rings. The molecule has 1 N–H and O–H groups in total. The Morgan fingerprint density at radius 2 is 2.22 bits per heavy atom. The van der Waals surface area contributed by atoms with Gasteiger partial charge in [0.1, 0.15) is 5.76 Å². The minimum atomic E-state index is 0.205. The third kappa shape index (κ3) is 3.07. The maximum atomic E-state index is 5.43. The fourth-order valence-corrected chi connectivity index (χ4v) is 4.04. The number of thiophene rings is 1. The first-order valence-electron chi connectivity index (χ1n) is 5.85. The second-order valence-electron chi connectivity index (χ2n) is 4.09. The Hall–Kier alpha value is -0.100. The van der Waals surface area contributed by atoms with Crippen LogP contribution < -0.4 is 5.32 Å². The van der Waals surface area contributed by atoms with Gasteiger partial charge >= 0.3 is 0 Å². The molecule has 2 nitrogen and oxygen atoms in total. The molecule has 1 atom stereocenters. The molecule has 1 unspecified atom stereocenters. The fourth-order valence-electron chi connectivity index (χ4n) is 1.85. The summed E-state index contributed by atoms with van der Waals surface area (Å²) in [6, 6.07) is 4.41. The van der Waals surface area contributed by atoms with E-state index in [4.69, 9.17) is 4.42 Å². The molecule has 18 heavy (non-hydrogen) atoms. The molecule has 2 rings (SSSR count). The zero-order chi connectivity index (χ0) is 13.1. The Morgan fingerprint density at radius 3 is 2.72 bits per heavy atom. The van der Waals surface area contributed by atoms with Crippen molar-refractivity contribution in [3.63, 3.8) is 0 Å². The summed E-state index contributed by atoms with van der Waals surface area (Å²) >= 11 is 8.85. The highest BCUT2D eigenvalue weighted by molar-refractivity contribution is 9.13. The molecule has 0 saturated heterocycles. The molecule has 0 bridgehead atoms. The van der Waals surface area contributed by atoms with E-state index >= 15 is 0 Å². The molecule has 2 heterocycles. The number of rotatable bonds is 5. The molecule has 0 aliphatic heterocycles. The van der Waals surface area contributed by atoms with Gasteiger partial charge in [-0.25, -0.2) is 0 Å². The molecule has 0 aromatic carbocycles. The van der Waals surface area contributed by atoms with Crippen molar-refractivity contribution in [2.24, 2.45) is 0 Å². The van der Waals surface area contributed by atoms with Crippen LogP contribution in [0.4, 0.5) is 0 Å². The van der Waals surface area contributed by atoms with Gasteiger partial charge in [0, 0.05) is 14.9 Å². The van der Waals surface area contributed by atoms with Gasteiger partial charge in [0.2, 0.25) is 0 Å². The molecule has 0 spiro atoms. The van der Waals surface area contributed by atoms with E-state index in [1.54, 1.807) is 17.6 Å². The van der Waals surface area contributed by atoms with Crippen LogP contribution in [0.1, 0.15) is 35.6 Å². The van der Waals surface area contributed by atoms with Crippen molar-refractivity contribution in [3.8, 4) is 0 Å². The summed E-state index contributed by atoms with van der Waals surface area (Å²) in [7, 11) is 0. The first-order valence-corrected chi connectivity index (χ1v) is 8.25. The van der Waals surface area contributed by atoms with E-state index in [1.807, 2.05) is 13.0 Å². The minimum absolute atomic E-state index is 0.205. The van der Waals surface area contributed by atoms with Gasteiger partial charge in [-0.2, -0.15) is 0 Å². The predicted octanol–water partition coefficient (Wildman–Crippen LogP) is 5.26. The highest BCUT2D eigenvalue weighted by atomic mass is 79.9. The van der Waals surface area contributed by atoms with Gasteiger partial charge in [0.05, 0.1) is 16.1 Å². The first-order chi connectivity index (χ1) is 8.63. The lowest BCUT2D eigenvalue weighted by Gasteiger charge is -2.16. The van der Waals surface area contributed by atoms with Gasteiger partial charge in [-0.1, -0.05) is 6.92 Å². The van der Waals surface area contributed by atoms with Crippen LogP contribution >= 0.6 is 43.2 Å². The second kappa shape index (κ2) is 6.37. The van der Waals surface area contributed by atoms with Gasteiger partial charge in [0.25, 0.3) is 0 Å². The van der Waals surface area contributed by atoms with Crippen LogP contribution in [0.5, 0.6) is 0 Å². The molecule has 2 aromatic heterocycles. The lowest BCUT2D eigenvalue weighted by atomic mass is 10.1. The maximum Gasteiger partial charge on any atom is 0.105 e. The number of hydrogen-bond acceptors (Lipinski definition) is 3. The topological polar surface area (TPSA) is 25.2 Å². The van der Waals surface area contributed by atoms with Crippen molar-refractivity contribution in [1.82, 2.24) is 5.32 Å². The normalized spacial score (nSPS) is 12.9. The van der Waals surface area contributed by atoms with Crippen LogP contribution in [0.15, 0.2) is 31.1 Å². The SMILES string of the molecule is CCCNC(c1cc(Br)c(Br)s1)c1ccoc1C. The molecule has 0 aliphatic rings. The van der Waals surface area contributed by atoms with Crippen molar-refractivity contribution < 1.29 is 4.42 Å². The van der Waals surface area contributed by atoms with E-state index in [2.05, 4.69) is 50.2 Å². The van der Waals surface area contributed by atoms with Crippen LogP contribution in [0.25, 0.3) is 0 Å². The summed E-state index contributed by atoms with van der Waals surface area (Å²) in [5.41, 5.74) is 1.21. The summed E-state index contributed by atoms with van der Waals surface area (Å²) in [5.74, 6) is 0.976. The third-order valence-corrected chi connectivity index (χ3v) is 6.08. The van der Waals surface area contributed by atoms with Crippen molar-refractivity contribution in [1.29, 1.82) is 0 Å². The highest BCUT2D eigenvalue weighted by Gasteiger charge is 2.20. The molecule has 0 radical (unpaired) electrons. The molecule has 0 amide bonds. The lowest BCUT2D eigenvalue weighted by molar-refractivity contribution is 0.518. The molecular weight excluding hydrogens is 378 g/mol. The number of halogens is 2. The smallest absolute Gasteiger partial charge is 0.105 e. The van der Waals surface area contributed by atoms with Crippen LogP contribution in [-0.4, -0.2) is 6.54 Å². The van der Waals surface area contributed by atoms with Gasteiger partial charge in [-0.15, -0.1) is 11.3 Å². The van der Waals surface area contributed by atoms with E-state index in [9.17, 15) is 0 Å². The van der Waals surface area contributed by atoms with E-state index in [-0.39, 0.29) is 6.04 Å². The molecule has 0 aliphatic carbocycles. The summed E-state index contributed by atoms with van der Waals surface area (Å²) in [6.07, 6.45) is 2.87. The van der Waals surface area contributed by atoms with Gasteiger partial charge < -0.3 is 9.73 Å². The van der Waals surface area contributed by atoms with Gasteiger partial charge in [0.15, 0.2) is 0 Å². The first kappa shape index (κ1) is 14.3. The van der Waals surface area contributed by atoms with Crippen molar-refractivity contribution >= 4 is 43.2 Å². The summed E-state index contributed by atoms with van der Waals surface area (Å²) in [4.78, 5) is 1.28. The van der Waals surface area contributed by atoms with Gasteiger partial charge in [-0.05, 0) is 63.9 Å². The number of furan rings is 1. The summed E-state index contributed by atoms with van der Waals surface area (Å²) in [6.45, 7) is 5.17. The van der Waals surface area contributed by atoms with E-state index in [0.29, 0.717) is 0 Å². The summed E-state index contributed by atoms with van der Waals surface area (Å²) < 4.78 is 7.66. The predicted molar refractivity (Wildman–Crippen MR) is 83.3 cm³/mol. The van der Waals surface area contributed by atoms with Gasteiger partial charge in [-0.3, -0.25) is 0 Å². The molecule has 0 saturated carbocycles. The largest absolute Gasteiger partial charge is 0.469 e. The second-order valence-corrected chi connectivity index (χ2v) is 7.35. The third-order valence-electron chi connectivity index (χ3n) is 2.76. The number of aryl methyl sites for hydroxylation is 1. The van der Waals surface area contributed by atoms with E-state index < -0.39 is 0 Å². The standard InChI is InChI=1S/C13H15Br2NOS/c1-3-5-16-12(9-4-6-17-8(9)2)11-7-10(14)13(15)18-11/h4,6-7,12,16H,3,5H2,1-2H3. The van der Waals surface area contributed by atoms with Crippen molar-refractivity contribution in [2.75, 3.05) is 6.54 Å². The number of hydrogen-bond donors (Lipinski definition) is 1. The van der Waals surface area contributed by atoms with Crippen LogP contribution in [0, 0.1) is 6.92 Å². The number of nitrogens with one attached hydrogen (secondary N) is 1. The van der Waals surface area contributed by atoms with Crippen LogP contribution in [0.3, 0.4) is 0 Å². The minimum Gasteiger partial charge on any atom is -0.469 e. The Balaban J connectivity index is 2.33. The molecule has 5 heteroatoms. The Morgan fingerprint density at radius 1 is 1.44 bits per heavy atom. The monoisotopic (exact) mass is 391 g/mol. The average molecular weight is 393 g/mol. The zero-order valence-electron chi connectivity index (χ0n) is 10.3. The van der Waals surface area contributed by atoms with E-state index in [1.165, 1.54) is 10.4 Å². The van der Waals surface area contributed by atoms with Crippen molar-refractivity contribution in [2.45, 2.75) is 26.3 Å². The van der Waals surface area contributed by atoms with Crippen molar-refractivity contribution in [3.05, 3.63) is 42.9 Å².